The summed E-state index contributed by atoms with van der Waals surface area (Å²) in [6.45, 7) is 6.09. The Labute approximate surface area is 210 Å². The summed E-state index contributed by atoms with van der Waals surface area (Å²) in [5.41, 5.74) is 3.24. The molecule has 0 aromatic heterocycles. The fourth-order valence-corrected chi connectivity index (χ4v) is 6.17. The van der Waals surface area contributed by atoms with Crippen molar-refractivity contribution < 1.29 is 23.8 Å². The number of ether oxygens (including phenoxy) is 3. The summed E-state index contributed by atoms with van der Waals surface area (Å²) in [4.78, 5) is 27.2. The molecule has 184 valence electrons. The number of hydrogen-bond donors (Lipinski definition) is 1. The number of methoxy groups -OCH3 is 2. The highest BCUT2D eigenvalue weighted by molar-refractivity contribution is 9.10. The molecule has 4 rings (SSSR count). The quantitative estimate of drug-likeness (QED) is 0.473. The summed E-state index contributed by atoms with van der Waals surface area (Å²) in [5.74, 6) is 0.266. The number of nitrogens with one attached hydrogen (secondary N) is 1. The molecule has 6 nitrogen and oxygen atoms in total. The molecule has 1 aromatic carbocycles. The van der Waals surface area contributed by atoms with Gasteiger partial charge in [0.2, 0.25) is 0 Å². The molecule has 1 fully saturated rings. The van der Waals surface area contributed by atoms with Crippen LogP contribution in [0.2, 0.25) is 0 Å². The zero-order valence-corrected chi connectivity index (χ0v) is 22.3. The number of carbonyl (C=O) groups is 2. The number of ketones is 1. The van der Waals surface area contributed by atoms with Crippen LogP contribution in [-0.2, 0) is 14.3 Å². The lowest BCUT2D eigenvalue weighted by Gasteiger charge is -2.40. The maximum absolute atomic E-state index is 13.7. The van der Waals surface area contributed by atoms with Crippen LogP contribution in [0.4, 0.5) is 0 Å². The first-order chi connectivity index (χ1) is 16.1. The highest BCUT2D eigenvalue weighted by atomic mass is 79.9. The van der Waals surface area contributed by atoms with Gasteiger partial charge in [0.1, 0.15) is 17.6 Å². The van der Waals surface area contributed by atoms with Gasteiger partial charge in [0, 0.05) is 29.0 Å². The van der Waals surface area contributed by atoms with Crippen molar-refractivity contribution in [2.24, 2.45) is 5.41 Å². The molecule has 0 amide bonds. The molecule has 34 heavy (non-hydrogen) atoms. The molecule has 1 unspecified atom stereocenters. The summed E-state index contributed by atoms with van der Waals surface area (Å²) in [6, 6.07) is 3.68. The molecule has 3 aliphatic rings. The monoisotopic (exact) mass is 531 g/mol. The van der Waals surface area contributed by atoms with Crippen molar-refractivity contribution >= 4 is 27.7 Å². The molecule has 1 heterocycles. The second kappa shape index (κ2) is 9.76. The molecule has 2 aliphatic carbocycles. The first-order valence-electron chi connectivity index (χ1n) is 12.0. The predicted molar refractivity (Wildman–Crippen MR) is 134 cm³/mol. The number of allylic oxidation sites excluding steroid dienone is 3. The van der Waals surface area contributed by atoms with E-state index in [1.165, 1.54) is 6.42 Å². The van der Waals surface area contributed by atoms with Crippen molar-refractivity contribution in [3.8, 4) is 11.5 Å². The molecule has 0 bridgehead atoms. The van der Waals surface area contributed by atoms with E-state index in [1.807, 2.05) is 19.1 Å². The minimum Gasteiger partial charge on any atom is -0.497 e. The molecule has 1 aromatic rings. The van der Waals surface area contributed by atoms with Gasteiger partial charge in [-0.05, 0) is 72.5 Å². The lowest BCUT2D eigenvalue weighted by Crippen LogP contribution is -2.39. The summed E-state index contributed by atoms with van der Waals surface area (Å²) in [7, 11) is 3.19. The van der Waals surface area contributed by atoms with E-state index in [9.17, 15) is 9.59 Å². The SMILES string of the molecule is COc1cc(Br)c(OC)c(C2C(C(=O)OC3CCCCC3)=C(C)NC3=C2C(=O)CC(C)(C)C3)c1. The van der Waals surface area contributed by atoms with E-state index in [4.69, 9.17) is 14.2 Å². The predicted octanol–water partition coefficient (Wildman–Crippen LogP) is 5.95. The van der Waals surface area contributed by atoms with Crippen molar-refractivity contribution in [2.45, 2.75) is 77.7 Å². The van der Waals surface area contributed by atoms with Crippen molar-refractivity contribution in [2.75, 3.05) is 14.2 Å². The Hall–Kier alpha value is -2.28. The van der Waals surface area contributed by atoms with Gasteiger partial charge in [0.15, 0.2) is 5.78 Å². The van der Waals surface area contributed by atoms with E-state index in [0.717, 1.165) is 43.5 Å². The van der Waals surface area contributed by atoms with Crippen molar-refractivity contribution in [1.29, 1.82) is 0 Å². The summed E-state index contributed by atoms with van der Waals surface area (Å²) >= 11 is 3.58. The highest BCUT2D eigenvalue weighted by Gasteiger charge is 2.44. The third-order valence-electron chi connectivity index (χ3n) is 7.08. The van der Waals surface area contributed by atoms with E-state index in [2.05, 4.69) is 35.1 Å². The Morgan fingerprint density at radius 2 is 1.79 bits per heavy atom. The number of hydrogen-bond acceptors (Lipinski definition) is 6. The Bertz CT molecular complexity index is 1070. The maximum atomic E-state index is 13.7. The lowest BCUT2D eigenvalue weighted by molar-refractivity contribution is -0.146. The molecule has 1 saturated carbocycles. The van der Waals surface area contributed by atoms with E-state index in [0.29, 0.717) is 39.1 Å². The number of halogens is 1. The van der Waals surface area contributed by atoms with Crippen LogP contribution in [0.15, 0.2) is 39.1 Å². The van der Waals surface area contributed by atoms with Crippen molar-refractivity contribution in [1.82, 2.24) is 5.32 Å². The van der Waals surface area contributed by atoms with Crippen LogP contribution in [-0.4, -0.2) is 32.1 Å². The third-order valence-corrected chi connectivity index (χ3v) is 7.67. The van der Waals surface area contributed by atoms with Gasteiger partial charge >= 0.3 is 5.97 Å². The normalized spacial score (nSPS) is 22.8. The molecule has 7 heteroatoms. The van der Waals surface area contributed by atoms with Crippen LogP contribution in [0.1, 0.15) is 77.2 Å². The van der Waals surface area contributed by atoms with E-state index >= 15 is 0 Å². The van der Waals surface area contributed by atoms with Gasteiger partial charge in [-0.3, -0.25) is 4.79 Å². The smallest absolute Gasteiger partial charge is 0.337 e. The Morgan fingerprint density at radius 3 is 2.44 bits per heavy atom. The zero-order chi connectivity index (χ0) is 24.6. The molecule has 0 spiro atoms. The number of dihydropyridines is 1. The molecule has 1 N–H and O–H groups in total. The van der Waals surface area contributed by atoms with Crippen LogP contribution in [0.25, 0.3) is 0 Å². The van der Waals surface area contributed by atoms with Crippen LogP contribution in [0.5, 0.6) is 11.5 Å². The highest BCUT2D eigenvalue weighted by Crippen LogP contribution is 2.50. The molecular formula is C27H34BrNO5. The van der Waals surface area contributed by atoms with Gasteiger partial charge in [-0.15, -0.1) is 0 Å². The first-order valence-corrected chi connectivity index (χ1v) is 12.8. The number of benzene rings is 1. The topological polar surface area (TPSA) is 73.9 Å². The van der Waals surface area contributed by atoms with Crippen LogP contribution >= 0.6 is 15.9 Å². The standard InChI is InChI=1S/C27H34BrNO5/c1-15-22(26(31)34-16-9-7-6-8-10-16)23(18-11-17(32-4)12-19(28)25(18)33-5)24-20(29-15)13-27(2,3)14-21(24)30/h11-12,16,23,29H,6-10,13-14H2,1-5H3. The zero-order valence-electron chi connectivity index (χ0n) is 20.7. The van der Waals surface area contributed by atoms with Crippen molar-refractivity contribution in [3.05, 3.63) is 44.7 Å². The second-order valence-electron chi connectivity index (χ2n) is 10.3. The fourth-order valence-electron chi connectivity index (χ4n) is 5.55. The summed E-state index contributed by atoms with van der Waals surface area (Å²) in [6.07, 6.45) is 6.12. The van der Waals surface area contributed by atoms with Gasteiger partial charge in [-0.1, -0.05) is 20.3 Å². The minimum absolute atomic E-state index is 0.0419. The largest absolute Gasteiger partial charge is 0.497 e. The van der Waals surface area contributed by atoms with E-state index in [-0.39, 0.29) is 23.3 Å². The summed E-state index contributed by atoms with van der Waals surface area (Å²) in [5, 5.41) is 3.41. The van der Waals surface area contributed by atoms with Crippen LogP contribution < -0.4 is 14.8 Å². The maximum Gasteiger partial charge on any atom is 0.337 e. The fraction of sp³-hybridized carbons (Fsp3) is 0.556. The van der Waals surface area contributed by atoms with E-state index in [1.54, 1.807) is 14.2 Å². The number of Topliss-reactive ketones (excluding diaryl/α,β-unsaturated/α-hetero) is 1. The second-order valence-corrected chi connectivity index (χ2v) is 11.2. The van der Waals surface area contributed by atoms with Crippen molar-refractivity contribution in [3.63, 3.8) is 0 Å². The first kappa shape index (κ1) is 24.8. The number of rotatable bonds is 5. The summed E-state index contributed by atoms with van der Waals surface area (Å²) < 4.78 is 18.0. The minimum atomic E-state index is -0.600. The van der Waals surface area contributed by atoms with E-state index < -0.39 is 5.92 Å². The Kier molecular flexibility index (Phi) is 7.13. The average molecular weight is 532 g/mol. The van der Waals surface area contributed by atoms with Gasteiger partial charge < -0.3 is 19.5 Å². The average Bonchev–Trinajstić information content (AvgIpc) is 2.77. The van der Waals surface area contributed by atoms with Gasteiger partial charge in [-0.25, -0.2) is 4.79 Å². The molecule has 0 radical (unpaired) electrons. The third kappa shape index (κ3) is 4.77. The Morgan fingerprint density at radius 1 is 1.09 bits per heavy atom. The Balaban J connectivity index is 1.87. The molecule has 1 aliphatic heterocycles. The molecular weight excluding hydrogens is 498 g/mol. The molecule has 1 atom stereocenters. The lowest BCUT2D eigenvalue weighted by atomic mass is 9.68. The number of carbonyl (C=O) groups excluding carboxylic acids is 2. The van der Waals surface area contributed by atoms with Crippen LogP contribution in [0, 0.1) is 5.41 Å². The van der Waals surface area contributed by atoms with Gasteiger partial charge in [-0.2, -0.15) is 0 Å². The molecule has 0 saturated heterocycles. The van der Waals surface area contributed by atoms with Gasteiger partial charge in [0.25, 0.3) is 0 Å². The van der Waals surface area contributed by atoms with Gasteiger partial charge in [0.05, 0.1) is 30.2 Å². The number of esters is 1. The van der Waals surface area contributed by atoms with Crippen LogP contribution in [0.3, 0.4) is 0 Å².